The van der Waals surface area contributed by atoms with Crippen molar-refractivity contribution >= 4 is 5.78 Å². The number of aliphatic hydroxyl groups excluding tert-OH is 1. The maximum atomic E-state index is 11.5. The molecular formula is C10H14O3. The lowest BCUT2D eigenvalue weighted by Crippen LogP contribution is -2.29. The first-order chi connectivity index (χ1) is 6.18. The van der Waals surface area contributed by atoms with E-state index >= 15 is 0 Å². The van der Waals surface area contributed by atoms with Gasteiger partial charge in [-0.3, -0.25) is 4.79 Å². The zero-order valence-electron chi connectivity index (χ0n) is 7.75. The lowest BCUT2D eigenvalue weighted by Gasteiger charge is -2.31. The summed E-state index contributed by atoms with van der Waals surface area (Å²) in [5.74, 6) is 1.11. The van der Waals surface area contributed by atoms with E-state index in [1.165, 1.54) is 0 Å². The summed E-state index contributed by atoms with van der Waals surface area (Å²) < 4.78 is 5.25. The maximum Gasteiger partial charge on any atom is 0.197 e. The van der Waals surface area contributed by atoms with Gasteiger partial charge >= 0.3 is 0 Å². The molecule has 2 aliphatic rings. The minimum Gasteiger partial charge on any atom is -0.469 e. The summed E-state index contributed by atoms with van der Waals surface area (Å²) in [5.41, 5.74) is 0.830. The van der Waals surface area contributed by atoms with Crippen molar-refractivity contribution < 1.29 is 14.6 Å². The Morgan fingerprint density at radius 2 is 2.23 bits per heavy atom. The van der Waals surface area contributed by atoms with Crippen LogP contribution in [-0.2, 0) is 9.53 Å². The van der Waals surface area contributed by atoms with E-state index in [0.717, 1.165) is 24.2 Å². The highest BCUT2D eigenvalue weighted by molar-refractivity contribution is 5.97. The highest BCUT2D eigenvalue weighted by atomic mass is 16.6. The molecule has 0 aromatic rings. The van der Waals surface area contributed by atoms with Crippen molar-refractivity contribution in [2.45, 2.75) is 38.9 Å². The SMILES string of the molecule is C[C@@H]1CC(O)OC2=C1C(=O)CCC2. The third-order valence-electron chi connectivity index (χ3n) is 2.73. The van der Waals surface area contributed by atoms with Crippen molar-refractivity contribution in [2.75, 3.05) is 0 Å². The number of hydrogen-bond donors (Lipinski definition) is 1. The van der Waals surface area contributed by atoms with Crippen molar-refractivity contribution in [3.8, 4) is 0 Å². The molecule has 0 aromatic carbocycles. The zero-order chi connectivity index (χ0) is 9.42. The molecule has 0 saturated carbocycles. The van der Waals surface area contributed by atoms with Crippen LogP contribution in [0.2, 0.25) is 0 Å². The first-order valence-electron chi connectivity index (χ1n) is 4.79. The summed E-state index contributed by atoms with van der Waals surface area (Å²) in [7, 11) is 0. The van der Waals surface area contributed by atoms with Crippen LogP contribution in [-0.4, -0.2) is 17.2 Å². The number of aliphatic hydroxyl groups is 1. The highest BCUT2D eigenvalue weighted by Crippen LogP contribution is 2.35. The van der Waals surface area contributed by atoms with Gasteiger partial charge in [-0.15, -0.1) is 0 Å². The molecule has 0 aromatic heterocycles. The molecule has 0 saturated heterocycles. The van der Waals surface area contributed by atoms with E-state index < -0.39 is 6.29 Å². The lowest BCUT2D eigenvalue weighted by molar-refractivity contribution is -0.123. The van der Waals surface area contributed by atoms with Crippen LogP contribution in [0.15, 0.2) is 11.3 Å². The Hall–Kier alpha value is -0.830. The predicted octanol–water partition coefficient (Wildman–Crippen LogP) is 1.37. The summed E-state index contributed by atoms with van der Waals surface area (Å²) in [4.78, 5) is 11.5. The number of Topliss-reactive ketones (excluding diaryl/α,β-unsaturated/α-hetero) is 1. The van der Waals surface area contributed by atoms with Crippen LogP contribution in [0.25, 0.3) is 0 Å². The number of carbonyl (C=O) groups excluding carboxylic acids is 1. The Labute approximate surface area is 77.4 Å². The first kappa shape index (κ1) is 8.75. The van der Waals surface area contributed by atoms with Crippen molar-refractivity contribution in [1.82, 2.24) is 0 Å². The fraction of sp³-hybridized carbons (Fsp3) is 0.700. The summed E-state index contributed by atoms with van der Waals surface area (Å²) in [5, 5.41) is 9.34. The molecule has 0 radical (unpaired) electrons. The van der Waals surface area contributed by atoms with E-state index in [1.54, 1.807) is 0 Å². The molecule has 2 atom stereocenters. The van der Waals surface area contributed by atoms with E-state index in [1.807, 2.05) is 6.92 Å². The molecule has 13 heavy (non-hydrogen) atoms. The molecule has 1 aliphatic heterocycles. The van der Waals surface area contributed by atoms with Gasteiger partial charge in [0.1, 0.15) is 5.76 Å². The Kier molecular flexibility index (Phi) is 2.12. The summed E-state index contributed by atoms with van der Waals surface area (Å²) in [6.45, 7) is 1.98. The Bertz CT molecular complexity index is 267. The van der Waals surface area contributed by atoms with E-state index in [-0.39, 0.29) is 11.7 Å². The minimum atomic E-state index is -0.709. The molecule has 2 rings (SSSR count). The molecular weight excluding hydrogens is 168 g/mol. The number of rotatable bonds is 0. The van der Waals surface area contributed by atoms with Gasteiger partial charge in [-0.25, -0.2) is 0 Å². The predicted molar refractivity (Wildman–Crippen MR) is 46.8 cm³/mol. The second-order valence-corrected chi connectivity index (χ2v) is 3.82. The molecule has 0 amide bonds. The van der Waals surface area contributed by atoms with Crippen LogP contribution in [0, 0.1) is 5.92 Å². The molecule has 0 bridgehead atoms. The Morgan fingerprint density at radius 3 is 3.00 bits per heavy atom. The van der Waals surface area contributed by atoms with Crippen molar-refractivity contribution in [1.29, 1.82) is 0 Å². The Balaban J connectivity index is 2.32. The van der Waals surface area contributed by atoms with Gasteiger partial charge in [0, 0.05) is 24.8 Å². The van der Waals surface area contributed by atoms with Crippen LogP contribution in [0.5, 0.6) is 0 Å². The smallest absolute Gasteiger partial charge is 0.197 e. The van der Waals surface area contributed by atoms with Gasteiger partial charge in [0.2, 0.25) is 0 Å². The average Bonchev–Trinajstić information content (AvgIpc) is 2.02. The topological polar surface area (TPSA) is 46.5 Å². The van der Waals surface area contributed by atoms with Gasteiger partial charge in [-0.05, 0) is 12.3 Å². The van der Waals surface area contributed by atoms with Crippen LogP contribution < -0.4 is 0 Å². The van der Waals surface area contributed by atoms with E-state index in [0.29, 0.717) is 12.8 Å². The quantitative estimate of drug-likeness (QED) is 0.615. The van der Waals surface area contributed by atoms with E-state index in [2.05, 4.69) is 0 Å². The van der Waals surface area contributed by atoms with Crippen molar-refractivity contribution in [2.24, 2.45) is 5.92 Å². The number of carbonyl (C=O) groups is 1. The average molecular weight is 182 g/mol. The number of ether oxygens (including phenoxy) is 1. The standard InChI is InChI=1S/C10H14O3/c1-6-5-9(12)13-8-4-2-3-7(11)10(6)8/h6,9,12H,2-5H2,1H3/t6-,9?/m1/s1. The maximum absolute atomic E-state index is 11.5. The van der Waals surface area contributed by atoms with Crippen LogP contribution in [0.1, 0.15) is 32.6 Å². The normalized spacial score (nSPS) is 34.2. The van der Waals surface area contributed by atoms with Crippen LogP contribution in [0.4, 0.5) is 0 Å². The monoisotopic (exact) mass is 182 g/mol. The summed E-state index contributed by atoms with van der Waals surface area (Å²) in [6, 6.07) is 0. The molecule has 72 valence electrons. The zero-order valence-corrected chi connectivity index (χ0v) is 7.75. The summed E-state index contributed by atoms with van der Waals surface area (Å²) in [6.07, 6.45) is 2.15. The van der Waals surface area contributed by atoms with Crippen LogP contribution >= 0.6 is 0 Å². The van der Waals surface area contributed by atoms with Gasteiger partial charge in [-0.1, -0.05) is 6.92 Å². The van der Waals surface area contributed by atoms with Crippen molar-refractivity contribution in [3.05, 3.63) is 11.3 Å². The van der Waals surface area contributed by atoms with Gasteiger partial charge < -0.3 is 9.84 Å². The molecule has 1 N–H and O–H groups in total. The second-order valence-electron chi connectivity index (χ2n) is 3.82. The summed E-state index contributed by atoms with van der Waals surface area (Å²) >= 11 is 0. The molecule has 3 heteroatoms. The molecule has 0 fully saturated rings. The van der Waals surface area contributed by atoms with E-state index in [9.17, 15) is 9.90 Å². The third-order valence-corrected chi connectivity index (χ3v) is 2.73. The molecule has 3 nitrogen and oxygen atoms in total. The largest absolute Gasteiger partial charge is 0.469 e. The highest BCUT2D eigenvalue weighted by Gasteiger charge is 2.32. The fourth-order valence-corrected chi connectivity index (χ4v) is 2.14. The molecule has 1 unspecified atom stereocenters. The van der Waals surface area contributed by atoms with Crippen LogP contribution in [0.3, 0.4) is 0 Å². The first-order valence-corrected chi connectivity index (χ1v) is 4.79. The van der Waals surface area contributed by atoms with Gasteiger partial charge in [0.15, 0.2) is 12.1 Å². The lowest BCUT2D eigenvalue weighted by atomic mass is 9.84. The van der Waals surface area contributed by atoms with Gasteiger partial charge in [-0.2, -0.15) is 0 Å². The molecule has 1 heterocycles. The van der Waals surface area contributed by atoms with Gasteiger partial charge in [0.05, 0.1) is 0 Å². The molecule has 0 spiro atoms. The van der Waals surface area contributed by atoms with E-state index in [4.69, 9.17) is 4.74 Å². The van der Waals surface area contributed by atoms with Gasteiger partial charge in [0.25, 0.3) is 0 Å². The Morgan fingerprint density at radius 1 is 1.46 bits per heavy atom. The number of allylic oxidation sites excluding steroid dienone is 2. The third kappa shape index (κ3) is 1.48. The minimum absolute atomic E-state index is 0.159. The van der Waals surface area contributed by atoms with Crippen molar-refractivity contribution in [3.63, 3.8) is 0 Å². The number of hydrogen-bond acceptors (Lipinski definition) is 3. The molecule has 1 aliphatic carbocycles. The fourth-order valence-electron chi connectivity index (χ4n) is 2.14. The number of ketones is 1. The second kappa shape index (κ2) is 3.14.